The van der Waals surface area contributed by atoms with Crippen molar-refractivity contribution in [1.82, 2.24) is 14.6 Å². The van der Waals surface area contributed by atoms with Crippen LogP contribution in [0, 0.1) is 0 Å². The summed E-state index contributed by atoms with van der Waals surface area (Å²) in [4.78, 5) is 17.4. The Hall–Kier alpha value is -3.51. The van der Waals surface area contributed by atoms with Gasteiger partial charge in [-0.1, -0.05) is 24.3 Å². The Morgan fingerprint density at radius 3 is 2.40 bits per heavy atom. The number of ether oxygens (including phenoxy) is 1. The van der Waals surface area contributed by atoms with Crippen molar-refractivity contribution in [3.8, 4) is 17.0 Å². The van der Waals surface area contributed by atoms with Crippen LogP contribution >= 0.6 is 0 Å². The number of carbonyl (C=O) groups excluding carboxylic acids is 1. The molecule has 6 nitrogen and oxygen atoms in total. The number of rotatable bonds is 6. The van der Waals surface area contributed by atoms with Crippen LogP contribution in [0.15, 0.2) is 66.9 Å². The number of aliphatic hydroxyl groups is 1. The molecule has 1 N–H and O–H groups in total. The maximum Gasteiger partial charge on any atom is 0.168 e. The van der Waals surface area contributed by atoms with Crippen LogP contribution in [0.25, 0.3) is 16.9 Å². The van der Waals surface area contributed by atoms with Gasteiger partial charge in [0.05, 0.1) is 36.7 Å². The van der Waals surface area contributed by atoms with Crippen molar-refractivity contribution < 1.29 is 14.6 Å². The van der Waals surface area contributed by atoms with E-state index in [0.29, 0.717) is 16.9 Å². The number of nitrogens with zero attached hydrogens (tertiary/aromatic N) is 3. The second kappa shape index (κ2) is 7.72. The van der Waals surface area contributed by atoms with Crippen LogP contribution in [0.2, 0.25) is 0 Å². The second-order valence-corrected chi connectivity index (χ2v) is 7.70. The molecule has 0 atom stereocenters. The summed E-state index contributed by atoms with van der Waals surface area (Å²) in [6, 6.07) is 18.5. The van der Waals surface area contributed by atoms with Gasteiger partial charge in [0.2, 0.25) is 0 Å². The highest BCUT2D eigenvalue weighted by molar-refractivity contribution is 5.97. The number of hydrogen-bond donors (Lipinski definition) is 1. The lowest BCUT2D eigenvalue weighted by molar-refractivity contribution is 0.0784. The fraction of sp³-hybridized carbons (Fsp3) is 0.208. The Morgan fingerprint density at radius 1 is 1.07 bits per heavy atom. The molecule has 0 saturated carbocycles. The van der Waals surface area contributed by atoms with Crippen LogP contribution in [0.3, 0.4) is 0 Å². The zero-order valence-electron chi connectivity index (χ0n) is 17.2. The topological polar surface area (TPSA) is 76.7 Å². The van der Waals surface area contributed by atoms with Gasteiger partial charge in [0.15, 0.2) is 11.4 Å². The van der Waals surface area contributed by atoms with Gasteiger partial charge in [-0.25, -0.2) is 9.50 Å². The Morgan fingerprint density at radius 2 is 1.77 bits per heavy atom. The highest BCUT2D eigenvalue weighted by atomic mass is 16.5. The Balaban J connectivity index is 1.65. The maximum absolute atomic E-state index is 12.8. The van der Waals surface area contributed by atoms with Crippen molar-refractivity contribution in [2.45, 2.75) is 25.9 Å². The van der Waals surface area contributed by atoms with Crippen molar-refractivity contribution in [1.29, 1.82) is 0 Å². The first-order chi connectivity index (χ1) is 14.3. The molecule has 152 valence electrons. The van der Waals surface area contributed by atoms with Crippen LogP contribution in [0.4, 0.5) is 0 Å². The molecule has 0 radical (unpaired) electrons. The van der Waals surface area contributed by atoms with E-state index < -0.39 is 5.60 Å². The van der Waals surface area contributed by atoms with E-state index in [1.54, 1.807) is 55.9 Å². The first-order valence-electron chi connectivity index (χ1n) is 9.69. The molecule has 0 spiro atoms. The number of ketones is 1. The van der Waals surface area contributed by atoms with Crippen molar-refractivity contribution in [2.75, 3.05) is 7.11 Å². The maximum atomic E-state index is 12.8. The minimum atomic E-state index is -0.941. The molecule has 2 aromatic carbocycles. The number of aromatic nitrogens is 3. The van der Waals surface area contributed by atoms with E-state index >= 15 is 0 Å². The van der Waals surface area contributed by atoms with Crippen LogP contribution < -0.4 is 4.74 Å². The Bertz CT molecular complexity index is 1190. The average molecular weight is 401 g/mol. The van der Waals surface area contributed by atoms with Gasteiger partial charge in [-0.2, -0.15) is 5.10 Å². The van der Waals surface area contributed by atoms with E-state index in [1.165, 1.54) is 0 Å². The fourth-order valence-corrected chi connectivity index (χ4v) is 3.35. The van der Waals surface area contributed by atoms with E-state index in [-0.39, 0.29) is 12.2 Å². The minimum absolute atomic E-state index is 0.0330. The predicted molar refractivity (Wildman–Crippen MR) is 115 cm³/mol. The largest absolute Gasteiger partial charge is 0.497 e. The monoisotopic (exact) mass is 401 g/mol. The summed E-state index contributed by atoms with van der Waals surface area (Å²) in [5.41, 5.74) is 3.57. The molecule has 0 saturated heterocycles. The number of hydrogen-bond acceptors (Lipinski definition) is 5. The molecule has 0 unspecified atom stereocenters. The van der Waals surface area contributed by atoms with E-state index in [9.17, 15) is 9.90 Å². The van der Waals surface area contributed by atoms with E-state index in [4.69, 9.17) is 4.74 Å². The third-order valence-electron chi connectivity index (χ3n) is 5.05. The number of fused-ring (bicyclic) bond motifs is 1. The Labute approximate surface area is 174 Å². The zero-order valence-corrected chi connectivity index (χ0v) is 17.2. The number of benzene rings is 2. The smallest absolute Gasteiger partial charge is 0.168 e. The summed E-state index contributed by atoms with van der Waals surface area (Å²) in [7, 11) is 1.63. The van der Waals surface area contributed by atoms with Gasteiger partial charge in [-0.3, -0.25) is 4.79 Å². The van der Waals surface area contributed by atoms with Crippen LogP contribution in [0.5, 0.6) is 5.75 Å². The molecule has 2 aromatic heterocycles. The summed E-state index contributed by atoms with van der Waals surface area (Å²) in [6.45, 7) is 3.43. The number of Topliss-reactive ketones (excluding diaryl/α,β-unsaturated/α-hetero) is 1. The van der Waals surface area contributed by atoms with Crippen LogP contribution in [-0.4, -0.2) is 32.6 Å². The minimum Gasteiger partial charge on any atom is -0.497 e. The number of carbonyl (C=O) groups is 1. The second-order valence-electron chi connectivity index (χ2n) is 7.70. The molecule has 30 heavy (non-hydrogen) atoms. The van der Waals surface area contributed by atoms with Gasteiger partial charge in [0.1, 0.15) is 5.75 Å². The third-order valence-corrected chi connectivity index (χ3v) is 5.05. The standard InChI is InChI=1S/C24H23N3O3/c1-24(2,29)18-8-4-17(5-9-18)22(28)15-19-14-21(27-23(26-19)12-13-25-27)16-6-10-20(30-3)11-7-16/h4-14,29H,15H2,1-3H3. The zero-order chi connectivity index (χ0) is 21.3. The molecule has 0 aliphatic carbocycles. The normalized spacial score (nSPS) is 11.6. The van der Waals surface area contributed by atoms with E-state index in [0.717, 1.165) is 22.6 Å². The molecular formula is C24H23N3O3. The van der Waals surface area contributed by atoms with Gasteiger partial charge in [0.25, 0.3) is 0 Å². The van der Waals surface area contributed by atoms with Gasteiger partial charge in [-0.05, 0) is 49.7 Å². The average Bonchev–Trinajstić information content (AvgIpc) is 3.21. The van der Waals surface area contributed by atoms with Crippen molar-refractivity contribution in [2.24, 2.45) is 0 Å². The summed E-state index contributed by atoms with van der Waals surface area (Å²) in [6.07, 6.45) is 1.86. The highest BCUT2D eigenvalue weighted by Crippen LogP contribution is 2.24. The molecule has 2 heterocycles. The number of methoxy groups -OCH3 is 1. The van der Waals surface area contributed by atoms with Crippen molar-refractivity contribution in [3.05, 3.63) is 83.7 Å². The van der Waals surface area contributed by atoms with E-state index in [2.05, 4.69) is 10.1 Å². The first kappa shape index (κ1) is 19.8. The quantitative estimate of drug-likeness (QED) is 0.493. The lowest BCUT2D eigenvalue weighted by Gasteiger charge is -2.17. The van der Waals surface area contributed by atoms with Crippen molar-refractivity contribution in [3.63, 3.8) is 0 Å². The molecule has 0 bridgehead atoms. The van der Waals surface area contributed by atoms with Crippen molar-refractivity contribution >= 4 is 11.4 Å². The summed E-state index contributed by atoms with van der Waals surface area (Å²) in [5, 5.41) is 14.5. The van der Waals surface area contributed by atoms with Crippen LogP contribution in [-0.2, 0) is 12.0 Å². The molecular weight excluding hydrogens is 378 g/mol. The first-order valence-corrected chi connectivity index (χ1v) is 9.69. The van der Waals surface area contributed by atoms with Crippen LogP contribution in [0.1, 0.15) is 35.5 Å². The van der Waals surface area contributed by atoms with Gasteiger partial charge in [-0.15, -0.1) is 0 Å². The molecule has 0 amide bonds. The predicted octanol–water partition coefficient (Wildman–Crippen LogP) is 4.06. The van der Waals surface area contributed by atoms with Gasteiger partial charge in [0, 0.05) is 17.2 Å². The summed E-state index contributed by atoms with van der Waals surface area (Å²) >= 11 is 0. The van der Waals surface area contributed by atoms with E-state index in [1.807, 2.05) is 36.4 Å². The fourth-order valence-electron chi connectivity index (χ4n) is 3.35. The molecule has 6 heteroatoms. The highest BCUT2D eigenvalue weighted by Gasteiger charge is 2.17. The van der Waals surface area contributed by atoms with Gasteiger partial charge >= 0.3 is 0 Å². The lowest BCUT2D eigenvalue weighted by Crippen LogP contribution is -2.15. The summed E-state index contributed by atoms with van der Waals surface area (Å²) < 4.78 is 6.99. The lowest BCUT2D eigenvalue weighted by atomic mass is 9.96. The SMILES string of the molecule is COc1ccc(-c2cc(CC(=O)c3ccc(C(C)(C)O)cc3)nc3ccnn23)cc1. The molecule has 4 aromatic rings. The molecule has 0 aliphatic heterocycles. The molecule has 4 rings (SSSR count). The summed E-state index contributed by atoms with van der Waals surface area (Å²) in [5.74, 6) is 0.740. The third kappa shape index (κ3) is 3.95. The van der Waals surface area contributed by atoms with Gasteiger partial charge < -0.3 is 9.84 Å². The Kier molecular flexibility index (Phi) is 5.10. The molecule has 0 aliphatic rings. The molecule has 0 fully saturated rings.